The lowest BCUT2D eigenvalue weighted by Crippen LogP contribution is -2.47. The van der Waals surface area contributed by atoms with Crippen molar-refractivity contribution in [3.8, 4) is 0 Å². The molecule has 1 aliphatic rings. The van der Waals surface area contributed by atoms with Crippen molar-refractivity contribution in [2.45, 2.75) is 25.8 Å². The lowest BCUT2D eigenvalue weighted by Gasteiger charge is -2.23. The number of aryl methyl sites for hydroxylation is 1. The lowest BCUT2D eigenvalue weighted by molar-refractivity contribution is -0.122. The van der Waals surface area contributed by atoms with E-state index in [0.717, 1.165) is 10.0 Å². The van der Waals surface area contributed by atoms with Gasteiger partial charge in [-0.05, 0) is 47.0 Å². The van der Waals surface area contributed by atoms with Crippen LogP contribution in [0.3, 0.4) is 0 Å². The summed E-state index contributed by atoms with van der Waals surface area (Å²) in [4.78, 5) is 23.2. The third-order valence-corrected chi connectivity index (χ3v) is 4.65. The van der Waals surface area contributed by atoms with Crippen LogP contribution in [0.15, 0.2) is 16.6 Å². The van der Waals surface area contributed by atoms with Crippen LogP contribution in [-0.2, 0) is 4.79 Å². The molecule has 0 aromatic heterocycles. The molecule has 0 radical (unpaired) electrons. The summed E-state index contributed by atoms with van der Waals surface area (Å²) in [6.07, 6.45) is 1.12. The Balaban J connectivity index is 2.06. The molecule has 6 heteroatoms. The number of amides is 2. The zero-order chi connectivity index (χ0) is 14.0. The molecule has 0 spiro atoms. The SMILES string of the molecule is Cc1cc(C(=O)NC2CCC(=O)NC2)cc(Cl)c1Br. The van der Waals surface area contributed by atoms with Crippen LogP contribution in [0.5, 0.6) is 0 Å². The highest BCUT2D eigenvalue weighted by Crippen LogP contribution is 2.27. The summed E-state index contributed by atoms with van der Waals surface area (Å²) in [5, 5.41) is 6.15. The van der Waals surface area contributed by atoms with Gasteiger partial charge in [0, 0.05) is 29.0 Å². The first-order valence-electron chi connectivity index (χ1n) is 6.00. The van der Waals surface area contributed by atoms with E-state index < -0.39 is 0 Å². The smallest absolute Gasteiger partial charge is 0.251 e. The van der Waals surface area contributed by atoms with Gasteiger partial charge in [0.2, 0.25) is 5.91 Å². The quantitative estimate of drug-likeness (QED) is 0.865. The van der Waals surface area contributed by atoms with Crippen LogP contribution < -0.4 is 10.6 Å². The van der Waals surface area contributed by atoms with Gasteiger partial charge in [0.1, 0.15) is 0 Å². The van der Waals surface area contributed by atoms with Crippen LogP contribution in [0.4, 0.5) is 0 Å². The predicted octanol–water partition coefficient (Wildman–Crippen LogP) is 2.42. The van der Waals surface area contributed by atoms with Crippen molar-refractivity contribution in [1.29, 1.82) is 0 Å². The highest BCUT2D eigenvalue weighted by Gasteiger charge is 2.20. The monoisotopic (exact) mass is 344 g/mol. The highest BCUT2D eigenvalue weighted by atomic mass is 79.9. The van der Waals surface area contributed by atoms with Gasteiger partial charge < -0.3 is 10.6 Å². The van der Waals surface area contributed by atoms with Crippen LogP contribution in [0.1, 0.15) is 28.8 Å². The van der Waals surface area contributed by atoms with Crippen molar-refractivity contribution >= 4 is 39.3 Å². The molecule has 1 aliphatic heterocycles. The van der Waals surface area contributed by atoms with Crippen molar-refractivity contribution in [2.24, 2.45) is 0 Å². The van der Waals surface area contributed by atoms with Gasteiger partial charge in [-0.3, -0.25) is 9.59 Å². The number of halogens is 2. The molecular formula is C13H14BrClN2O2. The van der Waals surface area contributed by atoms with E-state index in [1.165, 1.54) is 0 Å². The number of hydrogen-bond donors (Lipinski definition) is 2. The van der Waals surface area contributed by atoms with Gasteiger partial charge >= 0.3 is 0 Å². The molecule has 0 bridgehead atoms. The fourth-order valence-corrected chi connectivity index (χ4v) is 2.48. The molecule has 0 aliphatic carbocycles. The summed E-state index contributed by atoms with van der Waals surface area (Å²) in [6, 6.07) is 3.40. The van der Waals surface area contributed by atoms with Crippen LogP contribution in [0.25, 0.3) is 0 Å². The molecule has 1 atom stereocenters. The molecule has 19 heavy (non-hydrogen) atoms. The molecule has 1 fully saturated rings. The molecular weight excluding hydrogens is 332 g/mol. The topological polar surface area (TPSA) is 58.2 Å². The zero-order valence-electron chi connectivity index (χ0n) is 10.4. The van der Waals surface area contributed by atoms with Crippen LogP contribution >= 0.6 is 27.5 Å². The molecule has 1 unspecified atom stereocenters. The molecule has 2 rings (SSSR count). The standard InChI is InChI=1S/C13H14BrClN2O2/c1-7-4-8(5-10(15)12(7)14)13(19)17-9-2-3-11(18)16-6-9/h4-5,9H,2-3,6H2,1H3,(H,16,18)(H,17,19). The predicted molar refractivity (Wildman–Crippen MR) is 77.4 cm³/mol. The first-order valence-corrected chi connectivity index (χ1v) is 7.17. The van der Waals surface area contributed by atoms with Gasteiger partial charge in [0.15, 0.2) is 0 Å². The summed E-state index contributed by atoms with van der Waals surface area (Å²) < 4.78 is 0.802. The number of nitrogens with one attached hydrogen (secondary N) is 2. The third-order valence-electron chi connectivity index (χ3n) is 3.07. The average molecular weight is 346 g/mol. The second-order valence-corrected chi connectivity index (χ2v) is 5.80. The van der Waals surface area contributed by atoms with Crippen molar-refractivity contribution in [3.63, 3.8) is 0 Å². The fraction of sp³-hybridized carbons (Fsp3) is 0.385. The molecule has 1 aromatic rings. The first-order chi connectivity index (χ1) is 8.97. The maximum absolute atomic E-state index is 12.1. The Labute approximate surface area is 125 Å². The van der Waals surface area contributed by atoms with Gasteiger partial charge in [-0.15, -0.1) is 0 Å². The number of piperidine rings is 1. The Kier molecular flexibility index (Phi) is 4.47. The van der Waals surface area contributed by atoms with E-state index in [4.69, 9.17) is 11.6 Å². The minimum atomic E-state index is -0.168. The Morgan fingerprint density at radius 2 is 2.26 bits per heavy atom. The van der Waals surface area contributed by atoms with Crippen molar-refractivity contribution in [1.82, 2.24) is 10.6 Å². The van der Waals surface area contributed by atoms with Gasteiger partial charge in [0.25, 0.3) is 5.91 Å². The maximum atomic E-state index is 12.1. The molecule has 0 saturated carbocycles. The van der Waals surface area contributed by atoms with Crippen LogP contribution in [0.2, 0.25) is 5.02 Å². The van der Waals surface area contributed by atoms with Gasteiger partial charge in [0.05, 0.1) is 5.02 Å². The summed E-state index contributed by atoms with van der Waals surface area (Å²) in [5.74, 6) is -0.133. The van der Waals surface area contributed by atoms with E-state index in [9.17, 15) is 9.59 Å². The minimum absolute atomic E-state index is 0.0204. The summed E-state index contributed by atoms with van der Waals surface area (Å²) >= 11 is 9.40. The van der Waals surface area contributed by atoms with E-state index in [-0.39, 0.29) is 17.9 Å². The maximum Gasteiger partial charge on any atom is 0.251 e. The Hall–Kier alpha value is -1.07. The van der Waals surface area contributed by atoms with E-state index in [1.807, 2.05) is 6.92 Å². The fourth-order valence-electron chi connectivity index (χ4n) is 1.98. The van der Waals surface area contributed by atoms with Crippen molar-refractivity contribution in [2.75, 3.05) is 6.54 Å². The van der Waals surface area contributed by atoms with Crippen LogP contribution in [0, 0.1) is 6.92 Å². The molecule has 4 nitrogen and oxygen atoms in total. The van der Waals surface area contributed by atoms with Crippen LogP contribution in [-0.4, -0.2) is 24.4 Å². The van der Waals surface area contributed by atoms with E-state index in [1.54, 1.807) is 12.1 Å². The Morgan fingerprint density at radius 1 is 1.53 bits per heavy atom. The van der Waals surface area contributed by atoms with Crippen molar-refractivity contribution in [3.05, 3.63) is 32.8 Å². The number of carbonyl (C=O) groups excluding carboxylic acids is 2. The van der Waals surface area contributed by atoms with Gasteiger partial charge in [-0.25, -0.2) is 0 Å². The van der Waals surface area contributed by atoms with E-state index >= 15 is 0 Å². The largest absolute Gasteiger partial charge is 0.354 e. The summed E-state index contributed by atoms with van der Waals surface area (Å²) in [5.41, 5.74) is 1.44. The molecule has 102 valence electrons. The molecule has 1 aromatic carbocycles. The van der Waals surface area contributed by atoms with Gasteiger partial charge in [-0.1, -0.05) is 11.6 Å². The lowest BCUT2D eigenvalue weighted by atomic mass is 10.1. The normalized spacial score (nSPS) is 18.9. The number of hydrogen-bond acceptors (Lipinski definition) is 2. The molecule has 1 heterocycles. The van der Waals surface area contributed by atoms with Crippen molar-refractivity contribution < 1.29 is 9.59 Å². The number of rotatable bonds is 2. The summed E-state index contributed by atoms with van der Waals surface area (Å²) in [6.45, 7) is 2.36. The molecule has 2 amide bonds. The Morgan fingerprint density at radius 3 is 2.84 bits per heavy atom. The zero-order valence-corrected chi connectivity index (χ0v) is 12.8. The van der Waals surface area contributed by atoms with E-state index in [2.05, 4.69) is 26.6 Å². The van der Waals surface area contributed by atoms with E-state index in [0.29, 0.717) is 30.0 Å². The number of benzene rings is 1. The number of carbonyl (C=O) groups is 2. The average Bonchev–Trinajstić information content (AvgIpc) is 2.38. The Bertz CT molecular complexity index is 500. The summed E-state index contributed by atoms with van der Waals surface area (Å²) in [7, 11) is 0. The van der Waals surface area contributed by atoms with Gasteiger partial charge in [-0.2, -0.15) is 0 Å². The minimum Gasteiger partial charge on any atom is -0.354 e. The second kappa shape index (κ2) is 5.92. The third kappa shape index (κ3) is 3.48. The highest BCUT2D eigenvalue weighted by molar-refractivity contribution is 9.10. The molecule has 1 saturated heterocycles. The molecule has 2 N–H and O–H groups in total. The first kappa shape index (κ1) is 14.3. The second-order valence-electron chi connectivity index (χ2n) is 4.60.